The molecule has 0 aromatic carbocycles. The molecule has 0 unspecified atom stereocenters. The summed E-state index contributed by atoms with van der Waals surface area (Å²) in [5, 5.41) is 0.896. The maximum absolute atomic E-state index is 11.0. The third-order valence-corrected chi connectivity index (χ3v) is 2.65. The Morgan fingerprint density at radius 1 is 1.29 bits per heavy atom. The predicted octanol–water partition coefficient (Wildman–Crippen LogP) is 1.59. The number of nitrogen functional groups attached to an aromatic ring is 2. The molecule has 17 heavy (non-hydrogen) atoms. The van der Waals surface area contributed by atoms with Gasteiger partial charge in [0, 0.05) is 13.0 Å². The van der Waals surface area contributed by atoms with Crippen molar-refractivity contribution in [2.24, 2.45) is 0 Å². The summed E-state index contributed by atoms with van der Waals surface area (Å²) in [4.78, 5) is 19.0. The molecule has 0 saturated heterocycles. The number of Topliss-reactive ketones (excluding diaryl/α,β-unsaturated/α-hetero) is 1. The molecule has 0 aliphatic rings. The number of ketones is 1. The molecule has 0 amide bonds. The lowest BCUT2D eigenvalue weighted by Crippen LogP contribution is -1.98. The average Bonchev–Trinajstić information content (AvgIpc) is 2.64. The van der Waals surface area contributed by atoms with Crippen molar-refractivity contribution in [2.45, 2.75) is 17.2 Å². The summed E-state index contributed by atoms with van der Waals surface area (Å²) in [5.74, 6) is 0.742. The van der Waals surface area contributed by atoms with Gasteiger partial charge < -0.3 is 15.9 Å². The monoisotopic (exact) mass is 250 g/mol. The summed E-state index contributed by atoms with van der Waals surface area (Å²) < 4.78 is 5.28. The number of nitrogens with two attached hydrogens (primary N) is 2. The Morgan fingerprint density at radius 2 is 1.94 bits per heavy atom. The lowest BCUT2D eigenvalue weighted by molar-refractivity contribution is 0.0982. The topological polar surface area (TPSA) is 108 Å². The third-order valence-electron chi connectivity index (χ3n) is 1.87. The van der Waals surface area contributed by atoms with E-state index in [9.17, 15) is 4.79 Å². The van der Waals surface area contributed by atoms with Crippen LogP contribution in [0.5, 0.6) is 0 Å². The Bertz CT molecular complexity index is 547. The standard InChI is InChI=1S/C10H10N4O2S/c1-5(15)6-2-3-9(16-6)17-10-13-7(11)4-8(12)14-10/h2-4H,1H3,(H4,11,12,13,14). The van der Waals surface area contributed by atoms with E-state index in [2.05, 4.69) is 9.97 Å². The van der Waals surface area contributed by atoms with Crippen LogP contribution in [-0.2, 0) is 0 Å². The zero-order valence-electron chi connectivity index (χ0n) is 9.01. The molecule has 0 aliphatic heterocycles. The predicted molar refractivity (Wildman–Crippen MR) is 63.7 cm³/mol. The minimum Gasteiger partial charge on any atom is -0.446 e. The molecule has 88 valence electrons. The molecule has 0 saturated carbocycles. The van der Waals surface area contributed by atoms with Gasteiger partial charge in [-0.15, -0.1) is 0 Å². The van der Waals surface area contributed by atoms with Crippen molar-refractivity contribution in [3.63, 3.8) is 0 Å². The molecule has 2 aromatic rings. The van der Waals surface area contributed by atoms with Gasteiger partial charge in [0.25, 0.3) is 0 Å². The van der Waals surface area contributed by atoms with Crippen LogP contribution in [0.1, 0.15) is 17.5 Å². The first kappa shape index (κ1) is 11.5. The molecule has 0 spiro atoms. The van der Waals surface area contributed by atoms with E-state index in [0.717, 1.165) is 11.8 Å². The quantitative estimate of drug-likeness (QED) is 0.628. The van der Waals surface area contributed by atoms with Gasteiger partial charge in [-0.25, -0.2) is 9.97 Å². The molecule has 4 N–H and O–H groups in total. The van der Waals surface area contributed by atoms with Crippen LogP contribution in [-0.4, -0.2) is 15.8 Å². The van der Waals surface area contributed by atoms with Crippen LogP contribution in [0.3, 0.4) is 0 Å². The van der Waals surface area contributed by atoms with Crippen molar-refractivity contribution in [1.82, 2.24) is 9.97 Å². The van der Waals surface area contributed by atoms with E-state index < -0.39 is 0 Å². The number of nitrogens with zero attached hydrogens (tertiary/aromatic N) is 2. The van der Waals surface area contributed by atoms with Crippen molar-refractivity contribution in [3.05, 3.63) is 24.0 Å². The highest BCUT2D eigenvalue weighted by Gasteiger charge is 2.09. The Morgan fingerprint density at radius 3 is 2.47 bits per heavy atom. The van der Waals surface area contributed by atoms with E-state index in [1.165, 1.54) is 13.0 Å². The first-order valence-corrected chi connectivity index (χ1v) is 5.55. The largest absolute Gasteiger partial charge is 0.446 e. The van der Waals surface area contributed by atoms with Gasteiger partial charge in [-0.2, -0.15) is 0 Å². The number of aromatic nitrogens is 2. The van der Waals surface area contributed by atoms with E-state index in [-0.39, 0.29) is 5.78 Å². The van der Waals surface area contributed by atoms with Crippen molar-refractivity contribution >= 4 is 29.2 Å². The first-order chi connectivity index (χ1) is 8.04. The molecule has 0 atom stereocenters. The maximum Gasteiger partial charge on any atom is 0.199 e. The van der Waals surface area contributed by atoms with Crippen LogP contribution in [0, 0.1) is 0 Å². The van der Waals surface area contributed by atoms with Crippen LogP contribution < -0.4 is 11.5 Å². The number of carbonyl (C=O) groups is 1. The van der Waals surface area contributed by atoms with Crippen molar-refractivity contribution in [3.8, 4) is 0 Å². The summed E-state index contributed by atoms with van der Waals surface area (Å²) in [6.07, 6.45) is 0. The Kier molecular flexibility index (Phi) is 3.01. The van der Waals surface area contributed by atoms with E-state index in [1.807, 2.05) is 0 Å². The number of rotatable bonds is 3. The SMILES string of the molecule is CC(=O)c1ccc(Sc2nc(N)cc(N)n2)o1. The second-order valence-electron chi connectivity index (χ2n) is 3.28. The van der Waals surface area contributed by atoms with Gasteiger partial charge in [-0.3, -0.25) is 4.79 Å². The zero-order chi connectivity index (χ0) is 12.4. The Labute approximate surface area is 101 Å². The maximum atomic E-state index is 11.0. The summed E-state index contributed by atoms with van der Waals surface area (Å²) >= 11 is 1.15. The van der Waals surface area contributed by atoms with E-state index in [1.54, 1.807) is 12.1 Å². The van der Waals surface area contributed by atoms with Crippen LogP contribution in [0.15, 0.2) is 32.9 Å². The molecular weight excluding hydrogens is 240 g/mol. The van der Waals surface area contributed by atoms with E-state index >= 15 is 0 Å². The molecule has 0 bridgehead atoms. The third kappa shape index (κ3) is 2.76. The summed E-state index contributed by atoms with van der Waals surface area (Å²) in [5.41, 5.74) is 11.1. The number of hydrogen-bond acceptors (Lipinski definition) is 7. The van der Waals surface area contributed by atoms with Crippen LogP contribution in [0.4, 0.5) is 11.6 Å². The fraction of sp³-hybridized carbons (Fsp3) is 0.100. The summed E-state index contributed by atoms with van der Waals surface area (Å²) in [7, 11) is 0. The van der Waals surface area contributed by atoms with Crippen molar-refractivity contribution in [1.29, 1.82) is 0 Å². The molecule has 0 radical (unpaired) electrons. The minimum absolute atomic E-state index is 0.134. The highest BCUT2D eigenvalue weighted by atomic mass is 32.2. The van der Waals surface area contributed by atoms with E-state index in [0.29, 0.717) is 27.6 Å². The minimum atomic E-state index is -0.134. The smallest absolute Gasteiger partial charge is 0.199 e. The fourth-order valence-electron chi connectivity index (χ4n) is 1.16. The number of anilines is 2. The lowest BCUT2D eigenvalue weighted by Gasteiger charge is -1.99. The van der Waals surface area contributed by atoms with Gasteiger partial charge in [0.1, 0.15) is 11.6 Å². The molecule has 0 fully saturated rings. The summed E-state index contributed by atoms with van der Waals surface area (Å²) in [6, 6.07) is 4.73. The number of carbonyl (C=O) groups excluding carboxylic acids is 1. The normalized spacial score (nSPS) is 10.4. The van der Waals surface area contributed by atoms with Crippen molar-refractivity contribution in [2.75, 3.05) is 11.5 Å². The fourth-order valence-corrected chi connectivity index (χ4v) is 1.91. The Balaban J connectivity index is 2.22. The van der Waals surface area contributed by atoms with Gasteiger partial charge >= 0.3 is 0 Å². The lowest BCUT2D eigenvalue weighted by atomic mass is 10.3. The molecule has 2 rings (SSSR count). The zero-order valence-corrected chi connectivity index (χ0v) is 9.82. The molecular formula is C10H10N4O2S. The highest BCUT2D eigenvalue weighted by molar-refractivity contribution is 7.99. The summed E-state index contributed by atoms with van der Waals surface area (Å²) in [6.45, 7) is 1.43. The van der Waals surface area contributed by atoms with Crippen LogP contribution in [0.2, 0.25) is 0 Å². The second-order valence-corrected chi connectivity index (χ2v) is 4.25. The van der Waals surface area contributed by atoms with Crippen LogP contribution in [0.25, 0.3) is 0 Å². The highest BCUT2D eigenvalue weighted by Crippen LogP contribution is 2.27. The van der Waals surface area contributed by atoms with Gasteiger partial charge in [0.2, 0.25) is 0 Å². The number of furan rings is 1. The number of hydrogen-bond donors (Lipinski definition) is 2. The van der Waals surface area contributed by atoms with Crippen molar-refractivity contribution < 1.29 is 9.21 Å². The average molecular weight is 250 g/mol. The Hall–Kier alpha value is -2.02. The molecule has 2 aromatic heterocycles. The van der Waals surface area contributed by atoms with Crippen LogP contribution >= 0.6 is 11.8 Å². The van der Waals surface area contributed by atoms with Gasteiger partial charge in [-0.1, -0.05) is 0 Å². The second kappa shape index (κ2) is 4.46. The molecule has 6 nitrogen and oxygen atoms in total. The van der Waals surface area contributed by atoms with Gasteiger partial charge in [0.15, 0.2) is 21.8 Å². The first-order valence-electron chi connectivity index (χ1n) is 4.73. The molecule has 7 heteroatoms. The van der Waals surface area contributed by atoms with Gasteiger partial charge in [-0.05, 0) is 23.9 Å². The molecule has 2 heterocycles. The molecule has 0 aliphatic carbocycles. The van der Waals surface area contributed by atoms with E-state index in [4.69, 9.17) is 15.9 Å². The van der Waals surface area contributed by atoms with Gasteiger partial charge in [0.05, 0.1) is 0 Å².